The second-order valence-electron chi connectivity index (χ2n) is 6.38. The van der Waals surface area contributed by atoms with Crippen LogP contribution >= 0.6 is 0 Å². The number of amides is 1. The molecule has 1 saturated heterocycles. The number of nitrogens with one attached hydrogen (secondary N) is 1. The van der Waals surface area contributed by atoms with Crippen LogP contribution in [0.25, 0.3) is 10.9 Å². The molecule has 1 aliphatic rings. The lowest BCUT2D eigenvalue weighted by Crippen LogP contribution is -3.13. The predicted octanol–water partition coefficient (Wildman–Crippen LogP) is 1.54. The van der Waals surface area contributed by atoms with E-state index in [0.717, 1.165) is 24.0 Å². The molecule has 4 rings (SSSR count). The highest BCUT2D eigenvalue weighted by Gasteiger charge is 2.21. The van der Waals surface area contributed by atoms with Crippen molar-refractivity contribution in [2.45, 2.75) is 6.67 Å². The summed E-state index contributed by atoms with van der Waals surface area (Å²) in [5.74, 6) is -0.464. The van der Waals surface area contributed by atoms with Crippen molar-refractivity contribution in [1.82, 2.24) is 9.55 Å². The number of hydrogen-bond acceptors (Lipinski definition) is 5. The summed E-state index contributed by atoms with van der Waals surface area (Å²) in [6.45, 7) is 3.78. The van der Waals surface area contributed by atoms with Gasteiger partial charge in [0, 0.05) is 23.3 Å². The van der Waals surface area contributed by atoms with Gasteiger partial charge in [0.15, 0.2) is 12.4 Å². The fraction of sp³-hybridized carbons (Fsp3) is 0.263. The fourth-order valence-electron chi connectivity index (χ4n) is 3.22. The van der Waals surface area contributed by atoms with Gasteiger partial charge in [-0.1, -0.05) is 18.2 Å². The Hall–Kier alpha value is -3.10. The van der Waals surface area contributed by atoms with Crippen molar-refractivity contribution in [2.24, 2.45) is 10.2 Å². The van der Waals surface area contributed by atoms with E-state index in [1.165, 1.54) is 17.3 Å². The number of hydrogen-bond donors (Lipinski definition) is 2. The highest BCUT2D eigenvalue weighted by molar-refractivity contribution is 5.97. The van der Waals surface area contributed by atoms with Gasteiger partial charge in [-0.15, -0.1) is 10.2 Å². The van der Waals surface area contributed by atoms with Crippen molar-refractivity contribution in [3.05, 3.63) is 54.4 Å². The number of aromatic nitrogens is 2. The van der Waals surface area contributed by atoms with E-state index in [4.69, 9.17) is 4.74 Å². The van der Waals surface area contributed by atoms with E-state index in [1.807, 2.05) is 28.8 Å². The van der Waals surface area contributed by atoms with Crippen LogP contribution in [0.3, 0.4) is 0 Å². The molecular formula is C19H20N5O3+. The van der Waals surface area contributed by atoms with Gasteiger partial charge in [-0.2, -0.15) is 0 Å². The molecule has 1 aliphatic heterocycles. The number of azo groups is 1. The lowest BCUT2D eigenvalue weighted by atomic mass is 10.2. The minimum absolute atomic E-state index is 0.0153. The van der Waals surface area contributed by atoms with Crippen molar-refractivity contribution >= 4 is 22.5 Å². The number of ether oxygens (including phenoxy) is 1. The average molecular weight is 366 g/mol. The molecule has 3 heterocycles. The molecule has 0 saturated carbocycles. The lowest BCUT2D eigenvalue weighted by Gasteiger charge is -2.24. The highest BCUT2D eigenvalue weighted by atomic mass is 16.5. The average Bonchev–Trinajstić information content (AvgIpc) is 2.99. The molecule has 0 unspecified atom stereocenters. The number of aromatic hydroxyl groups is 1. The molecule has 1 aromatic carbocycles. The van der Waals surface area contributed by atoms with E-state index < -0.39 is 5.91 Å². The van der Waals surface area contributed by atoms with Crippen molar-refractivity contribution in [3.63, 3.8) is 0 Å². The van der Waals surface area contributed by atoms with E-state index in [9.17, 15) is 9.90 Å². The van der Waals surface area contributed by atoms with Gasteiger partial charge in [0.1, 0.15) is 13.1 Å². The maximum Gasteiger partial charge on any atom is 0.295 e. The molecule has 3 aromatic rings. The first-order valence-electron chi connectivity index (χ1n) is 8.81. The maximum atomic E-state index is 12.2. The van der Waals surface area contributed by atoms with Gasteiger partial charge >= 0.3 is 0 Å². The summed E-state index contributed by atoms with van der Waals surface area (Å²) in [5.41, 5.74) is 1.56. The van der Waals surface area contributed by atoms with Gasteiger partial charge in [-0.25, -0.2) is 0 Å². The zero-order chi connectivity index (χ0) is 18.6. The van der Waals surface area contributed by atoms with E-state index >= 15 is 0 Å². The zero-order valence-electron chi connectivity index (χ0n) is 14.7. The van der Waals surface area contributed by atoms with E-state index in [1.54, 1.807) is 12.1 Å². The Morgan fingerprint density at radius 3 is 2.70 bits per heavy atom. The maximum absolute atomic E-state index is 12.2. The van der Waals surface area contributed by atoms with Crippen LogP contribution in [0.15, 0.2) is 59.0 Å². The third-order valence-corrected chi connectivity index (χ3v) is 4.67. The second-order valence-corrected chi connectivity index (χ2v) is 6.38. The van der Waals surface area contributed by atoms with E-state index in [0.29, 0.717) is 31.1 Å². The SMILES string of the molecule is O=C(N=Nc1c(O)n(C[NH+]2CCOCC2)c2ccccc12)c1ccncc1. The summed E-state index contributed by atoms with van der Waals surface area (Å²) >= 11 is 0. The van der Waals surface area contributed by atoms with Crippen LogP contribution in [0, 0.1) is 0 Å². The monoisotopic (exact) mass is 366 g/mol. The molecule has 1 amide bonds. The van der Waals surface area contributed by atoms with Gasteiger partial charge in [0.25, 0.3) is 5.91 Å². The Morgan fingerprint density at radius 1 is 1.19 bits per heavy atom. The van der Waals surface area contributed by atoms with Gasteiger partial charge in [-0.05, 0) is 18.2 Å². The number of morpholine rings is 1. The molecule has 0 bridgehead atoms. The molecule has 138 valence electrons. The molecule has 2 N–H and O–H groups in total. The lowest BCUT2D eigenvalue weighted by molar-refractivity contribution is -0.930. The number of benzene rings is 1. The molecule has 0 spiro atoms. The standard InChI is InChI=1S/C19H19N5O3/c25-18(14-5-7-20-8-6-14)22-21-17-15-3-1-2-4-16(15)24(19(17)26)13-23-9-11-27-12-10-23/h1-8,26H,9-13H2/p+1. The molecular weight excluding hydrogens is 346 g/mol. The van der Waals surface area contributed by atoms with Crippen LogP contribution in [0.2, 0.25) is 0 Å². The third kappa shape index (κ3) is 3.57. The van der Waals surface area contributed by atoms with Crippen LogP contribution < -0.4 is 4.90 Å². The number of carbonyl (C=O) groups excluding carboxylic acids is 1. The second kappa shape index (κ2) is 7.65. The minimum atomic E-state index is -0.479. The van der Waals surface area contributed by atoms with Gasteiger partial charge in [-0.3, -0.25) is 14.3 Å². The molecule has 1 fully saturated rings. The first-order chi connectivity index (χ1) is 13.2. The van der Waals surface area contributed by atoms with Crippen LogP contribution in [0.4, 0.5) is 5.69 Å². The van der Waals surface area contributed by atoms with Crippen LogP contribution in [0.1, 0.15) is 10.4 Å². The molecule has 0 radical (unpaired) electrons. The number of fused-ring (bicyclic) bond motifs is 1. The first-order valence-corrected chi connectivity index (χ1v) is 8.81. The topological polar surface area (TPSA) is 93.5 Å². The number of para-hydroxylation sites is 1. The number of nitrogens with zero attached hydrogens (tertiary/aromatic N) is 4. The molecule has 27 heavy (non-hydrogen) atoms. The summed E-state index contributed by atoms with van der Waals surface area (Å²) in [4.78, 5) is 17.4. The first kappa shape index (κ1) is 17.3. The number of pyridine rings is 1. The Balaban J connectivity index is 1.67. The van der Waals surface area contributed by atoms with Crippen molar-refractivity contribution in [3.8, 4) is 5.88 Å². The molecule has 8 heteroatoms. The van der Waals surface area contributed by atoms with Gasteiger partial charge in [0.05, 0.1) is 18.7 Å². The third-order valence-electron chi connectivity index (χ3n) is 4.67. The minimum Gasteiger partial charge on any atom is -0.493 e. The van der Waals surface area contributed by atoms with Crippen molar-refractivity contribution in [1.29, 1.82) is 0 Å². The van der Waals surface area contributed by atoms with Crippen LogP contribution in [0.5, 0.6) is 5.88 Å². The summed E-state index contributed by atoms with van der Waals surface area (Å²) in [5, 5.41) is 19.4. The summed E-state index contributed by atoms with van der Waals surface area (Å²) < 4.78 is 7.22. The number of rotatable bonds is 4. The van der Waals surface area contributed by atoms with E-state index in [-0.39, 0.29) is 5.88 Å². The fourth-order valence-corrected chi connectivity index (χ4v) is 3.22. The van der Waals surface area contributed by atoms with Crippen LogP contribution in [-0.2, 0) is 11.4 Å². The van der Waals surface area contributed by atoms with E-state index in [2.05, 4.69) is 15.2 Å². The Morgan fingerprint density at radius 2 is 1.93 bits per heavy atom. The van der Waals surface area contributed by atoms with Crippen molar-refractivity contribution < 1.29 is 19.5 Å². The Bertz CT molecular complexity index is 978. The smallest absolute Gasteiger partial charge is 0.295 e. The van der Waals surface area contributed by atoms with Crippen LogP contribution in [-0.4, -0.2) is 46.9 Å². The normalized spacial score (nSPS) is 15.6. The Kier molecular flexibility index (Phi) is 4.91. The number of carbonyl (C=O) groups is 1. The quantitative estimate of drug-likeness (QED) is 0.685. The summed E-state index contributed by atoms with van der Waals surface area (Å²) in [7, 11) is 0. The number of quaternary nitrogens is 1. The summed E-state index contributed by atoms with van der Waals surface area (Å²) in [6, 6.07) is 10.7. The van der Waals surface area contributed by atoms with Gasteiger partial charge < -0.3 is 14.7 Å². The zero-order valence-corrected chi connectivity index (χ0v) is 14.7. The predicted molar refractivity (Wildman–Crippen MR) is 98.2 cm³/mol. The Labute approximate surface area is 155 Å². The molecule has 0 atom stereocenters. The molecule has 8 nitrogen and oxygen atoms in total. The van der Waals surface area contributed by atoms with Gasteiger partial charge in [0.2, 0.25) is 5.88 Å². The van der Waals surface area contributed by atoms with Crippen molar-refractivity contribution in [2.75, 3.05) is 26.3 Å². The molecule has 0 aliphatic carbocycles. The highest BCUT2D eigenvalue weighted by Crippen LogP contribution is 2.38. The molecule has 2 aromatic heterocycles. The largest absolute Gasteiger partial charge is 0.493 e. The summed E-state index contributed by atoms with van der Waals surface area (Å²) in [6.07, 6.45) is 3.05.